The number of anilines is 2. The summed E-state index contributed by atoms with van der Waals surface area (Å²) in [5.41, 5.74) is 2.89. The summed E-state index contributed by atoms with van der Waals surface area (Å²) in [6.07, 6.45) is 1.29. The fourth-order valence-corrected chi connectivity index (χ4v) is 3.83. The van der Waals surface area contributed by atoms with Crippen LogP contribution in [-0.4, -0.2) is 37.5 Å². The molecular formula is C28H24FN3O6. The third kappa shape index (κ3) is 5.70. The minimum Gasteiger partial charge on any atom is -0.493 e. The summed E-state index contributed by atoms with van der Waals surface area (Å²) in [5, 5.41) is 4.90. The zero-order valence-electron chi connectivity index (χ0n) is 20.8. The third-order valence-corrected chi connectivity index (χ3v) is 5.70. The average Bonchev–Trinajstić information content (AvgIpc) is 2.88. The van der Waals surface area contributed by atoms with E-state index >= 15 is 0 Å². The molecule has 0 unspecified atom stereocenters. The summed E-state index contributed by atoms with van der Waals surface area (Å²) in [4.78, 5) is 50.9. The van der Waals surface area contributed by atoms with Gasteiger partial charge in [0.1, 0.15) is 11.4 Å². The van der Waals surface area contributed by atoms with E-state index in [-0.39, 0.29) is 35.3 Å². The van der Waals surface area contributed by atoms with Gasteiger partial charge < -0.3 is 14.8 Å². The summed E-state index contributed by atoms with van der Waals surface area (Å²) in [6, 6.07) is 14.0. The minimum atomic E-state index is -0.941. The van der Waals surface area contributed by atoms with E-state index in [2.05, 4.69) is 10.6 Å². The highest BCUT2D eigenvalue weighted by molar-refractivity contribution is 6.39. The zero-order chi connectivity index (χ0) is 27.4. The molecule has 1 fully saturated rings. The number of nitrogens with zero attached hydrogens (tertiary/aromatic N) is 1. The quantitative estimate of drug-likeness (QED) is 0.360. The van der Waals surface area contributed by atoms with E-state index < -0.39 is 23.7 Å². The number of carbonyl (C=O) groups is 4. The number of halogens is 1. The Morgan fingerprint density at radius 3 is 2.42 bits per heavy atom. The van der Waals surface area contributed by atoms with Gasteiger partial charge in [0.25, 0.3) is 17.7 Å². The number of amides is 5. The number of urea groups is 1. The lowest BCUT2D eigenvalue weighted by Gasteiger charge is -2.26. The third-order valence-electron chi connectivity index (χ3n) is 5.70. The van der Waals surface area contributed by atoms with Gasteiger partial charge in [0.2, 0.25) is 0 Å². The van der Waals surface area contributed by atoms with Crippen molar-refractivity contribution in [2.24, 2.45) is 0 Å². The minimum absolute atomic E-state index is 0.104. The van der Waals surface area contributed by atoms with Crippen molar-refractivity contribution in [1.82, 2.24) is 5.32 Å². The monoisotopic (exact) mass is 517 g/mol. The van der Waals surface area contributed by atoms with Gasteiger partial charge in [-0.05, 0) is 73.5 Å². The van der Waals surface area contributed by atoms with Crippen molar-refractivity contribution >= 4 is 41.2 Å². The lowest BCUT2D eigenvalue weighted by molar-refractivity contribution is -0.122. The molecule has 3 aromatic carbocycles. The molecule has 10 heteroatoms. The van der Waals surface area contributed by atoms with E-state index in [1.165, 1.54) is 37.5 Å². The maximum absolute atomic E-state index is 13.3. The van der Waals surface area contributed by atoms with Gasteiger partial charge in [-0.1, -0.05) is 23.8 Å². The molecule has 1 saturated heterocycles. The van der Waals surface area contributed by atoms with Gasteiger partial charge in [0, 0.05) is 5.69 Å². The first-order valence-electron chi connectivity index (χ1n) is 11.5. The number of rotatable bonds is 7. The standard InChI is InChI=1S/C28H24FN3O6/c1-16-4-10-22(17(2)12-16)30-25(33)15-38-23-11-5-18(14-24(23)37-3)13-21-26(34)31-28(36)32(27(21)35)20-8-6-19(29)7-9-20/h4-14H,15H2,1-3H3,(H,30,33)(H,31,34,36)/b21-13+. The van der Waals surface area contributed by atoms with E-state index in [1.807, 2.05) is 32.0 Å². The number of barbiturate groups is 1. The molecule has 1 aliphatic rings. The maximum atomic E-state index is 13.3. The second kappa shape index (κ2) is 11.0. The number of imide groups is 2. The Hall–Kier alpha value is -4.99. The maximum Gasteiger partial charge on any atom is 0.335 e. The smallest absolute Gasteiger partial charge is 0.335 e. The zero-order valence-corrected chi connectivity index (χ0v) is 20.8. The van der Waals surface area contributed by atoms with Crippen molar-refractivity contribution in [2.45, 2.75) is 13.8 Å². The van der Waals surface area contributed by atoms with Gasteiger partial charge >= 0.3 is 6.03 Å². The van der Waals surface area contributed by atoms with Crippen LogP contribution in [0.4, 0.5) is 20.6 Å². The summed E-state index contributed by atoms with van der Waals surface area (Å²) >= 11 is 0. The van der Waals surface area contributed by atoms with Crippen molar-refractivity contribution in [1.29, 1.82) is 0 Å². The Labute approximate surface area is 217 Å². The molecule has 0 radical (unpaired) electrons. The Morgan fingerprint density at radius 1 is 1.00 bits per heavy atom. The van der Waals surface area contributed by atoms with Crippen LogP contribution in [-0.2, 0) is 14.4 Å². The molecule has 38 heavy (non-hydrogen) atoms. The summed E-state index contributed by atoms with van der Waals surface area (Å²) < 4.78 is 24.3. The molecule has 2 N–H and O–H groups in total. The number of benzene rings is 3. The molecule has 5 amide bonds. The molecule has 1 aliphatic heterocycles. The van der Waals surface area contributed by atoms with Gasteiger partial charge in [-0.3, -0.25) is 19.7 Å². The van der Waals surface area contributed by atoms with E-state index in [9.17, 15) is 23.6 Å². The van der Waals surface area contributed by atoms with Gasteiger partial charge in [-0.2, -0.15) is 0 Å². The highest BCUT2D eigenvalue weighted by Crippen LogP contribution is 2.30. The first-order valence-corrected chi connectivity index (χ1v) is 11.5. The Kier molecular flexibility index (Phi) is 7.52. The first kappa shape index (κ1) is 26.1. The topological polar surface area (TPSA) is 114 Å². The molecule has 0 bridgehead atoms. The van der Waals surface area contributed by atoms with E-state index in [4.69, 9.17) is 9.47 Å². The number of methoxy groups -OCH3 is 1. The Morgan fingerprint density at radius 2 is 1.74 bits per heavy atom. The van der Waals surface area contributed by atoms with Gasteiger partial charge in [-0.25, -0.2) is 14.1 Å². The van der Waals surface area contributed by atoms with Crippen LogP contribution < -0.4 is 25.0 Å². The molecule has 0 saturated carbocycles. The van der Waals surface area contributed by atoms with Crippen LogP contribution in [0.3, 0.4) is 0 Å². The average molecular weight is 518 g/mol. The molecule has 1 heterocycles. The fraction of sp³-hybridized carbons (Fsp3) is 0.143. The second-order valence-electron chi connectivity index (χ2n) is 8.50. The molecule has 0 aliphatic carbocycles. The lowest BCUT2D eigenvalue weighted by Crippen LogP contribution is -2.54. The van der Waals surface area contributed by atoms with E-state index in [0.717, 1.165) is 28.2 Å². The van der Waals surface area contributed by atoms with Gasteiger partial charge in [0.15, 0.2) is 18.1 Å². The normalized spacial score (nSPS) is 14.4. The molecule has 194 valence electrons. The molecule has 9 nitrogen and oxygen atoms in total. The summed E-state index contributed by atoms with van der Waals surface area (Å²) in [7, 11) is 1.41. The number of hydrogen-bond donors (Lipinski definition) is 2. The number of nitrogens with one attached hydrogen (secondary N) is 2. The molecule has 0 spiro atoms. The predicted octanol–water partition coefficient (Wildman–Crippen LogP) is 4.14. The Balaban J connectivity index is 1.50. The fourth-order valence-electron chi connectivity index (χ4n) is 3.83. The van der Waals surface area contributed by atoms with Crippen molar-refractivity contribution < 1.29 is 33.0 Å². The van der Waals surface area contributed by atoms with Crippen LogP contribution in [0.25, 0.3) is 6.08 Å². The molecule has 4 rings (SSSR count). The number of aryl methyl sites for hydroxylation is 2. The predicted molar refractivity (Wildman–Crippen MR) is 138 cm³/mol. The van der Waals surface area contributed by atoms with Crippen molar-refractivity contribution in [2.75, 3.05) is 23.9 Å². The highest BCUT2D eigenvalue weighted by Gasteiger charge is 2.36. The van der Waals surface area contributed by atoms with Crippen LogP contribution in [0.5, 0.6) is 11.5 Å². The van der Waals surface area contributed by atoms with Crippen LogP contribution >= 0.6 is 0 Å². The van der Waals surface area contributed by atoms with Gasteiger partial charge in [-0.15, -0.1) is 0 Å². The summed E-state index contributed by atoms with van der Waals surface area (Å²) in [6.45, 7) is 3.58. The Bertz CT molecular complexity index is 1470. The number of carbonyl (C=O) groups excluding carboxylic acids is 4. The van der Waals surface area contributed by atoms with Crippen molar-refractivity contribution in [3.63, 3.8) is 0 Å². The number of ether oxygens (including phenoxy) is 2. The number of hydrogen-bond acceptors (Lipinski definition) is 6. The second-order valence-corrected chi connectivity index (χ2v) is 8.50. The molecule has 0 atom stereocenters. The van der Waals surface area contributed by atoms with Crippen molar-refractivity contribution in [3.05, 3.63) is 88.7 Å². The molecule has 0 aromatic heterocycles. The summed E-state index contributed by atoms with van der Waals surface area (Å²) in [5.74, 6) is -2.11. The van der Waals surface area contributed by atoms with Gasteiger partial charge in [0.05, 0.1) is 12.8 Å². The van der Waals surface area contributed by atoms with Crippen LogP contribution in [0.1, 0.15) is 16.7 Å². The van der Waals surface area contributed by atoms with Crippen molar-refractivity contribution in [3.8, 4) is 11.5 Å². The SMILES string of the molecule is COc1cc(/C=C2\C(=O)NC(=O)N(c3ccc(F)cc3)C2=O)ccc1OCC(=O)Nc1ccc(C)cc1C. The van der Waals surface area contributed by atoms with E-state index in [1.54, 1.807) is 6.07 Å². The van der Waals surface area contributed by atoms with Crippen LogP contribution in [0.15, 0.2) is 66.2 Å². The van der Waals surface area contributed by atoms with Crippen LogP contribution in [0, 0.1) is 19.7 Å². The van der Waals surface area contributed by atoms with E-state index in [0.29, 0.717) is 11.3 Å². The molecule has 3 aromatic rings. The lowest BCUT2D eigenvalue weighted by atomic mass is 10.1. The molecular weight excluding hydrogens is 493 g/mol. The largest absolute Gasteiger partial charge is 0.493 e. The highest BCUT2D eigenvalue weighted by atomic mass is 19.1. The van der Waals surface area contributed by atoms with Crippen LogP contribution in [0.2, 0.25) is 0 Å². The first-order chi connectivity index (χ1) is 18.2.